The van der Waals surface area contributed by atoms with Gasteiger partial charge in [0.25, 0.3) is 17.7 Å². The Hall–Kier alpha value is -5.29. The summed E-state index contributed by atoms with van der Waals surface area (Å²) in [5.74, 6) is -1.19. The Morgan fingerprint density at radius 3 is 2.38 bits per heavy atom. The number of rotatable bonds is 10. The molecule has 2 aliphatic heterocycles. The van der Waals surface area contributed by atoms with Crippen molar-refractivity contribution in [2.24, 2.45) is 5.92 Å². The molecule has 0 spiro atoms. The number of benzene rings is 2. The molecule has 4 amide bonds. The molecule has 4 heterocycles. The minimum Gasteiger partial charge on any atom is -0.396 e. The van der Waals surface area contributed by atoms with Crippen LogP contribution >= 0.6 is 23.2 Å². The van der Waals surface area contributed by atoms with Crippen LogP contribution in [0.25, 0.3) is 0 Å². The highest BCUT2D eigenvalue weighted by molar-refractivity contribution is 6.35. The van der Waals surface area contributed by atoms with Crippen LogP contribution in [-0.4, -0.2) is 73.4 Å². The molecule has 4 aliphatic rings. The minimum absolute atomic E-state index is 0.0368. The predicted octanol–water partition coefficient (Wildman–Crippen LogP) is 5.01. The van der Waals surface area contributed by atoms with Crippen LogP contribution in [0.1, 0.15) is 83.1 Å². The van der Waals surface area contributed by atoms with E-state index in [1.54, 1.807) is 77.2 Å². The number of nitrogens with zero attached hydrogens (tertiary/aromatic N) is 6. The summed E-state index contributed by atoms with van der Waals surface area (Å²) in [5.41, 5.74) is -0.568. The number of hydrogen-bond acceptors (Lipinski definition) is 8. The van der Waals surface area contributed by atoms with Gasteiger partial charge >= 0.3 is 0 Å². The van der Waals surface area contributed by atoms with Crippen LogP contribution in [0.5, 0.6) is 0 Å². The number of piperidine rings is 1. The van der Waals surface area contributed by atoms with E-state index in [1.165, 1.54) is 11.1 Å². The Morgan fingerprint density at radius 2 is 1.73 bits per heavy atom. The van der Waals surface area contributed by atoms with E-state index in [1.807, 2.05) is 0 Å². The van der Waals surface area contributed by atoms with Crippen LogP contribution in [0, 0.1) is 17.2 Å². The molecule has 1 saturated heterocycles. The lowest BCUT2D eigenvalue weighted by Crippen LogP contribution is -2.52. The van der Waals surface area contributed by atoms with Gasteiger partial charge in [-0.25, -0.2) is 9.88 Å². The van der Waals surface area contributed by atoms with Gasteiger partial charge in [-0.3, -0.25) is 28.7 Å². The van der Waals surface area contributed by atoms with Crippen molar-refractivity contribution in [2.45, 2.75) is 68.5 Å². The number of anilines is 2. The summed E-state index contributed by atoms with van der Waals surface area (Å²) in [5, 5.41) is 25.7. The number of imidazole rings is 1. The van der Waals surface area contributed by atoms with Crippen LogP contribution in [0.3, 0.4) is 0 Å². The highest BCUT2D eigenvalue weighted by Crippen LogP contribution is 2.48. The number of fused-ring (bicyclic) bond motifs is 1. The van der Waals surface area contributed by atoms with Gasteiger partial charge in [-0.1, -0.05) is 35.3 Å². The average Bonchev–Trinajstić information content (AvgIpc) is 4.09. The van der Waals surface area contributed by atoms with Crippen molar-refractivity contribution in [3.05, 3.63) is 105 Å². The lowest BCUT2D eigenvalue weighted by Gasteiger charge is -2.32. The second-order valence-electron chi connectivity index (χ2n) is 15.3. The number of likely N-dealkylation sites (tertiary alicyclic amines) is 1. The van der Waals surface area contributed by atoms with Gasteiger partial charge in [0.15, 0.2) is 0 Å². The number of aromatic nitrogens is 3. The van der Waals surface area contributed by atoms with E-state index in [4.69, 9.17) is 23.2 Å². The number of carbonyl (C=O) groups is 4. The van der Waals surface area contributed by atoms with E-state index in [0.717, 1.165) is 18.4 Å². The monoisotopic (exact) mass is 780 g/mol. The fraction of sp³-hybridized carbons (Fsp3) is 0.375. The number of pyridine rings is 1. The zero-order chi connectivity index (χ0) is 38.7. The number of nitriles is 1. The summed E-state index contributed by atoms with van der Waals surface area (Å²) in [6, 6.07) is 17.1. The van der Waals surface area contributed by atoms with Gasteiger partial charge in [0.1, 0.15) is 16.8 Å². The number of hydrogen-bond donors (Lipinski definition) is 3. The normalized spacial score (nSPS) is 21.7. The topological polar surface area (TPSA) is 174 Å². The predicted molar refractivity (Wildman–Crippen MR) is 203 cm³/mol. The molecule has 2 saturated carbocycles. The summed E-state index contributed by atoms with van der Waals surface area (Å²) in [4.78, 5) is 68.4. The van der Waals surface area contributed by atoms with Crippen LogP contribution in [0.4, 0.5) is 11.6 Å². The lowest BCUT2D eigenvalue weighted by atomic mass is 9.91. The summed E-state index contributed by atoms with van der Waals surface area (Å²) in [7, 11) is 0. The molecule has 8 rings (SSSR count). The first kappa shape index (κ1) is 36.7. The van der Waals surface area contributed by atoms with E-state index in [-0.39, 0.29) is 48.3 Å². The summed E-state index contributed by atoms with van der Waals surface area (Å²) < 4.78 is 1.59. The first-order valence-corrected chi connectivity index (χ1v) is 19.0. The van der Waals surface area contributed by atoms with Gasteiger partial charge in [0, 0.05) is 47.9 Å². The second-order valence-corrected chi connectivity index (χ2v) is 16.1. The number of halogens is 2. The zero-order valence-electron chi connectivity index (χ0n) is 30.0. The Balaban J connectivity index is 1.04. The highest BCUT2D eigenvalue weighted by Gasteiger charge is 2.57. The van der Waals surface area contributed by atoms with E-state index in [9.17, 15) is 29.5 Å². The fourth-order valence-corrected chi connectivity index (χ4v) is 8.37. The number of nitrogens with one attached hydrogen (secondary N) is 2. The molecule has 2 aromatic heterocycles. The van der Waals surface area contributed by atoms with Gasteiger partial charge in [-0.15, -0.1) is 0 Å². The number of amides is 4. The molecule has 2 aromatic carbocycles. The highest BCUT2D eigenvalue weighted by atomic mass is 35.5. The Labute approximate surface area is 327 Å². The summed E-state index contributed by atoms with van der Waals surface area (Å²) >= 11 is 12.7. The molecular weight excluding hydrogens is 743 g/mol. The van der Waals surface area contributed by atoms with Crippen molar-refractivity contribution in [1.29, 1.82) is 5.26 Å². The second kappa shape index (κ2) is 13.8. The smallest absolute Gasteiger partial charge is 0.270 e. The third-order valence-electron chi connectivity index (χ3n) is 11.3. The van der Waals surface area contributed by atoms with Gasteiger partial charge in [-0.2, -0.15) is 5.26 Å². The third-order valence-corrected chi connectivity index (χ3v) is 11.7. The fourth-order valence-electron chi connectivity index (χ4n) is 7.85. The van der Waals surface area contributed by atoms with Crippen LogP contribution in [0.15, 0.2) is 67.0 Å². The van der Waals surface area contributed by atoms with Crippen molar-refractivity contribution in [3.8, 4) is 6.07 Å². The van der Waals surface area contributed by atoms with Crippen molar-refractivity contribution in [2.75, 3.05) is 24.6 Å². The first-order chi connectivity index (χ1) is 26.4. The number of aliphatic hydroxyl groups excluding tert-OH is 1. The summed E-state index contributed by atoms with van der Waals surface area (Å²) in [6.45, 7) is 2.87. The number of carbonyl (C=O) groups excluding carboxylic acids is 4. The van der Waals surface area contributed by atoms with Gasteiger partial charge in [-0.05, 0) is 99.4 Å². The maximum Gasteiger partial charge on any atom is 0.270 e. The molecule has 2 aliphatic carbocycles. The molecule has 2 atom stereocenters. The first-order valence-electron chi connectivity index (χ1n) is 18.3. The molecule has 0 bridgehead atoms. The maximum absolute atomic E-state index is 14.5. The van der Waals surface area contributed by atoms with Crippen LogP contribution in [0.2, 0.25) is 10.0 Å². The molecule has 55 heavy (non-hydrogen) atoms. The Morgan fingerprint density at radius 1 is 1.00 bits per heavy atom. The maximum atomic E-state index is 14.5. The Kier molecular flexibility index (Phi) is 9.19. The van der Waals surface area contributed by atoms with E-state index >= 15 is 0 Å². The van der Waals surface area contributed by atoms with Crippen LogP contribution < -0.4 is 15.5 Å². The van der Waals surface area contributed by atoms with E-state index in [2.05, 4.69) is 26.7 Å². The van der Waals surface area contributed by atoms with Crippen molar-refractivity contribution >= 4 is 58.5 Å². The minimum atomic E-state index is -1.35. The summed E-state index contributed by atoms with van der Waals surface area (Å²) in [6.07, 6.45) is 6.89. The largest absolute Gasteiger partial charge is 0.396 e. The Bertz CT molecular complexity index is 2260. The molecule has 3 fully saturated rings. The molecule has 282 valence electrons. The molecular formula is C40H38Cl2N8O5. The lowest BCUT2D eigenvalue weighted by molar-refractivity contribution is -0.125. The molecule has 13 nitrogen and oxygen atoms in total. The van der Waals surface area contributed by atoms with Gasteiger partial charge in [0.05, 0.1) is 34.7 Å². The van der Waals surface area contributed by atoms with Crippen molar-refractivity contribution in [3.63, 3.8) is 0 Å². The quantitative estimate of drug-likeness (QED) is 0.202. The molecule has 1 unspecified atom stereocenters. The average molecular weight is 782 g/mol. The molecule has 3 N–H and O–H groups in total. The van der Waals surface area contributed by atoms with Gasteiger partial charge in [0.2, 0.25) is 11.9 Å². The molecule has 4 aromatic rings. The SMILES string of the molecule is C[C@@]1(Cc2ccc(C#N)cc2)C(=O)N(c2cc(Cl)cc(Cl)c2)c2ncc(C(=O)NC3(C(=O)NC4(c5cc(C(=O)N6CCCC(CO)C6)ccn5)CC4)CC3)n21. The molecule has 15 heteroatoms. The number of aliphatic hydroxyl groups is 1. The van der Waals surface area contributed by atoms with E-state index < -0.39 is 22.5 Å². The third kappa shape index (κ3) is 6.62. The zero-order valence-corrected chi connectivity index (χ0v) is 31.5. The van der Waals surface area contributed by atoms with Crippen molar-refractivity contribution < 1.29 is 24.3 Å². The standard InChI is InChI=1S/C40H38Cl2N8O5/c1-38(19-24-4-6-25(20-43)7-5-24)36(55)49(30-17-28(41)16-29(42)18-30)37-45-21-31(50(37)38)33(52)46-40(11-12-40)35(54)47-39(9-10-39)32-15-27(8-13-44-32)34(53)48-14-2-3-26(22-48)23-51/h4-8,13,15-18,21,26,51H,2-3,9-12,14,19,22-23H2,1H3,(H,46,52)(H,47,54)/t26?,38-/m1/s1. The van der Waals surface area contributed by atoms with Gasteiger partial charge < -0.3 is 20.6 Å². The molecule has 0 radical (unpaired) electrons. The van der Waals surface area contributed by atoms with Crippen LogP contribution in [-0.2, 0) is 27.1 Å². The van der Waals surface area contributed by atoms with E-state index in [0.29, 0.717) is 71.3 Å². The van der Waals surface area contributed by atoms with Crippen molar-refractivity contribution in [1.82, 2.24) is 30.1 Å².